The largest absolute Gasteiger partial charge is 0.491 e. The molecule has 0 amide bonds. The van der Waals surface area contributed by atoms with E-state index in [1.165, 1.54) is 11.1 Å². The first-order valence-electron chi connectivity index (χ1n) is 7.64. The Morgan fingerprint density at radius 2 is 1.48 bits per heavy atom. The van der Waals surface area contributed by atoms with Crippen LogP contribution in [0.3, 0.4) is 0 Å². The first-order valence-corrected chi connectivity index (χ1v) is 7.64. The zero-order chi connectivity index (χ0) is 15.2. The highest BCUT2D eigenvalue weighted by atomic mass is 16.5. The van der Waals surface area contributed by atoms with Crippen molar-refractivity contribution in [3.63, 3.8) is 0 Å². The van der Waals surface area contributed by atoms with Gasteiger partial charge >= 0.3 is 0 Å². The lowest BCUT2D eigenvalue weighted by atomic mass is 10.0. The van der Waals surface area contributed by atoms with E-state index >= 15 is 0 Å². The van der Waals surface area contributed by atoms with Gasteiger partial charge in [-0.25, -0.2) is 0 Å². The fourth-order valence-corrected chi connectivity index (χ4v) is 2.15. The molecule has 0 aliphatic heterocycles. The molecule has 0 aliphatic rings. The van der Waals surface area contributed by atoms with Crippen LogP contribution in [0.25, 0.3) is 0 Å². The van der Waals surface area contributed by atoms with Crippen LogP contribution in [0.15, 0.2) is 48.5 Å². The lowest BCUT2D eigenvalue weighted by molar-refractivity contribution is 0.242. The number of hydrogen-bond acceptors (Lipinski definition) is 2. The van der Waals surface area contributed by atoms with Crippen LogP contribution in [-0.2, 0) is 6.54 Å². The van der Waals surface area contributed by atoms with Crippen LogP contribution >= 0.6 is 0 Å². The normalized spacial score (nSPS) is 11.0. The van der Waals surface area contributed by atoms with Crippen LogP contribution in [0, 0.1) is 0 Å². The quantitative estimate of drug-likeness (QED) is 0.785. The molecular weight excluding hydrogens is 258 g/mol. The molecule has 0 heterocycles. The van der Waals surface area contributed by atoms with E-state index in [-0.39, 0.29) is 6.10 Å². The number of anilines is 1. The molecule has 2 aromatic rings. The molecule has 21 heavy (non-hydrogen) atoms. The van der Waals surface area contributed by atoms with E-state index in [9.17, 15) is 0 Å². The van der Waals surface area contributed by atoms with Gasteiger partial charge in [-0.2, -0.15) is 0 Å². The van der Waals surface area contributed by atoms with Gasteiger partial charge in [-0.15, -0.1) is 0 Å². The Labute approximate surface area is 128 Å². The van der Waals surface area contributed by atoms with E-state index in [2.05, 4.69) is 55.6 Å². The predicted octanol–water partition coefficient (Wildman–Crippen LogP) is 5.21. The number of ether oxygens (including phenoxy) is 1. The van der Waals surface area contributed by atoms with E-state index in [1.807, 2.05) is 26.0 Å². The van der Waals surface area contributed by atoms with Crippen molar-refractivity contribution in [2.75, 3.05) is 5.32 Å². The standard InChI is InChI=1S/C19H25NO/c1-14(2)17-7-9-18(10-8-17)20-13-16-5-11-19(12-6-16)21-15(3)4/h5-12,14-15,20H,13H2,1-4H3. The molecule has 0 atom stereocenters. The van der Waals surface area contributed by atoms with Gasteiger partial charge in [0.2, 0.25) is 0 Å². The van der Waals surface area contributed by atoms with Gasteiger partial charge < -0.3 is 10.1 Å². The van der Waals surface area contributed by atoms with Crippen LogP contribution in [0.4, 0.5) is 5.69 Å². The maximum absolute atomic E-state index is 5.65. The van der Waals surface area contributed by atoms with Gasteiger partial charge in [0.05, 0.1) is 6.10 Å². The maximum Gasteiger partial charge on any atom is 0.119 e. The highest BCUT2D eigenvalue weighted by Gasteiger charge is 2.00. The first-order chi connectivity index (χ1) is 10.0. The van der Waals surface area contributed by atoms with Gasteiger partial charge in [0.1, 0.15) is 5.75 Å². The third-order valence-electron chi connectivity index (χ3n) is 3.37. The molecule has 0 aromatic heterocycles. The van der Waals surface area contributed by atoms with Crippen molar-refractivity contribution in [3.05, 3.63) is 59.7 Å². The average molecular weight is 283 g/mol. The van der Waals surface area contributed by atoms with E-state index < -0.39 is 0 Å². The number of rotatable bonds is 6. The molecule has 2 heteroatoms. The Bertz CT molecular complexity index is 541. The molecular formula is C19H25NO. The molecule has 2 nitrogen and oxygen atoms in total. The lowest BCUT2D eigenvalue weighted by Gasteiger charge is -2.11. The summed E-state index contributed by atoms with van der Waals surface area (Å²) in [5.74, 6) is 1.50. The predicted molar refractivity (Wildman–Crippen MR) is 90.1 cm³/mol. The van der Waals surface area contributed by atoms with Crippen LogP contribution in [0.2, 0.25) is 0 Å². The Kier molecular flexibility index (Phi) is 5.26. The van der Waals surface area contributed by atoms with Gasteiger partial charge in [0.25, 0.3) is 0 Å². The second-order valence-electron chi connectivity index (χ2n) is 5.94. The number of nitrogens with one attached hydrogen (secondary N) is 1. The van der Waals surface area contributed by atoms with Crippen molar-refractivity contribution in [1.82, 2.24) is 0 Å². The minimum Gasteiger partial charge on any atom is -0.491 e. The number of benzene rings is 2. The fraction of sp³-hybridized carbons (Fsp3) is 0.368. The summed E-state index contributed by atoms with van der Waals surface area (Å²) in [6.07, 6.45) is 0.216. The van der Waals surface area contributed by atoms with Crippen molar-refractivity contribution in [3.8, 4) is 5.75 Å². The zero-order valence-electron chi connectivity index (χ0n) is 13.4. The third kappa shape index (κ3) is 4.82. The summed E-state index contributed by atoms with van der Waals surface area (Å²) in [6, 6.07) is 16.9. The van der Waals surface area contributed by atoms with Crippen LogP contribution in [0.5, 0.6) is 5.75 Å². The van der Waals surface area contributed by atoms with Crippen LogP contribution < -0.4 is 10.1 Å². The summed E-state index contributed by atoms with van der Waals surface area (Å²) in [5.41, 5.74) is 3.77. The van der Waals surface area contributed by atoms with Crippen molar-refractivity contribution in [1.29, 1.82) is 0 Å². The van der Waals surface area contributed by atoms with Crippen molar-refractivity contribution in [2.45, 2.75) is 46.3 Å². The molecule has 0 unspecified atom stereocenters. The van der Waals surface area contributed by atoms with Gasteiger partial charge in [-0.1, -0.05) is 38.1 Å². The van der Waals surface area contributed by atoms with Crippen LogP contribution in [0.1, 0.15) is 44.7 Å². The van der Waals surface area contributed by atoms with Gasteiger partial charge in [0, 0.05) is 12.2 Å². The molecule has 0 radical (unpaired) electrons. The summed E-state index contributed by atoms with van der Waals surface area (Å²) in [6.45, 7) is 9.32. The number of hydrogen-bond donors (Lipinski definition) is 1. The summed E-state index contributed by atoms with van der Waals surface area (Å²) in [4.78, 5) is 0. The molecule has 0 aliphatic carbocycles. The Hall–Kier alpha value is -1.96. The van der Waals surface area contributed by atoms with Crippen molar-refractivity contribution in [2.24, 2.45) is 0 Å². The zero-order valence-corrected chi connectivity index (χ0v) is 13.4. The highest BCUT2D eigenvalue weighted by molar-refractivity contribution is 5.45. The first kappa shape index (κ1) is 15.4. The summed E-state index contributed by atoms with van der Waals surface area (Å²) < 4.78 is 5.65. The molecule has 0 bridgehead atoms. The molecule has 0 fully saturated rings. The third-order valence-corrected chi connectivity index (χ3v) is 3.37. The monoisotopic (exact) mass is 283 g/mol. The summed E-state index contributed by atoms with van der Waals surface area (Å²) in [7, 11) is 0. The van der Waals surface area contributed by atoms with Gasteiger partial charge in [-0.3, -0.25) is 0 Å². The van der Waals surface area contributed by atoms with Gasteiger partial charge in [-0.05, 0) is 55.2 Å². The topological polar surface area (TPSA) is 21.3 Å². The second kappa shape index (κ2) is 7.16. The van der Waals surface area contributed by atoms with Gasteiger partial charge in [0.15, 0.2) is 0 Å². The molecule has 112 valence electrons. The SMILES string of the molecule is CC(C)Oc1ccc(CNc2ccc(C(C)C)cc2)cc1. The van der Waals surface area contributed by atoms with E-state index in [1.54, 1.807) is 0 Å². The molecule has 0 saturated heterocycles. The maximum atomic E-state index is 5.65. The molecule has 2 aromatic carbocycles. The molecule has 0 saturated carbocycles. The van der Waals surface area contributed by atoms with Crippen LogP contribution in [-0.4, -0.2) is 6.10 Å². The van der Waals surface area contributed by atoms with E-state index in [4.69, 9.17) is 4.74 Å². The minimum atomic E-state index is 0.216. The summed E-state index contributed by atoms with van der Waals surface area (Å²) >= 11 is 0. The van der Waals surface area contributed by atoms with E-state index in [0.717, 1.165) is 18.0 Å². The van der Waals surface area contributed by atoms with Crippen molar-refractivity contribution < 1.29 is 4.74 Å². The summed E-state index contributed by atoms with van der Waals surface area (Å²) in [5, 5.41) is 3.45. The molecule has 0 spiro atoms. The Morgan fingerprint density at radius 3 is 2.00 bits per heavy atom. The lowest BCUT2D eigenvalue weighted by Crippen LogP contribution is -2.05. The highest BCUT2D eigenvalue weighted by Crippen LogP contribution is 2.18. The smallest absolute Gasteiger partial charge is 0.119 e. The Morgan fingerprint density at radius 1 is 0.857 bits per heavy atom. The molecule has 2 rings (SSSR count). The molecule has 1 N–H and O–H groups in total. The minimum absolute atomic E-state index is 0.216. The average Bonchev–Trinajstić information content (AvgIpc) is 2.46. The fourth-order valence-electron chi connectivity index (χ4n) is 2.15. The van der Waals surface area contributed by atoms with Crippen molar-refractivity contribution >= 4 is 5.69 Å². The second-order valence-corrected chi connectivity index (χ2v) is 5.94. The van der Waals surface area contributed by atoms with E-state index in [0.29, 0.717) is 5.92 Å². The Balaban J connectivity index is 1.90.